The predicted molar refractivity (Wildman–Crippen MR) is 71.8 cm³/mol. The molecular weight excluding hydrogens is 246 g/mol. The van der Waals surface area contributed by atoms with E-state index in [4.69, 9.17) is 14.2 Å². The molecule has 0 bridgehead atoms. The van der Waals surface area contributed by atoms with Crippen molar-refractivity contribution in [3.05, 3.63) is 18.2 Å². The molecule has 0 aromatic heterocycles. The van der Waals surface area contributed by atoms with Crippen LogP contribution in [0.25, 0.3) is 0 Å². The highest BCUT2D eigenvalue weighted by Crippen LogP contribution is 2.33. The molecule has 0 aliphatic carbocycles. The van der Waals surface area contributed by atoms with Crippen LogP contribution < -0.4 is 14.8 Å². The molecule has 1 aromatic rings. The van der Waals surface area contributed by atoms with Crippen LogP contribution in [0.2, 0.25) is 0 Å². The van der Waals surface area contributed by atoms with Crippen molar-refractivity contribution in [2.45, 2.75) is 25.8 Å². The fourth-order valence-electron chi connectivity index (χ4n) is 1.91. The molecule has 1 aromatic carbocycles. The minimum Gasteiger partial charge on any atom is -0.490 e. The molecule has 19 heavy (non-hydrogen) atoms. The van der Waals surface area contributed by atoms with E-state index < -0.39 is 5.54 Å². The summed E-state index contributed by atoms with van der Waals surface area (Å²) >= 11 is 0. The van der Waals surface area contributed by atoms with Gasteiger partial charge in [0.25, 0.3) is 0 Å². The largest absolute Gasteiger partial charge is 0.490 e. The average molecular weight is 265 g/mol. The van der Waals surface area contributed by atoms with Gasteiger partial charge in [-0.3, -0.25) is 0 Å². The number of esters is 1. The Morgan fingerprint density at radius 3 is 2.63 bits per heavy atom. The lowest BCUT2D eigenvalue weighted by atomic mass is 10.1. The molecule has 1 aliphatic rings. The van der Waals surface area contributed by atoms with Crippen molar-refractivity contribution in [3.8, 4) is 11.5 Å². The molecule has 104 valence electrons. The highest BCUT2D eigenvalue weighted by molar-refractivity contribution is 5.83. The number of carbonyl (C=O) groups is 1. The molecule has 1 N–H and O–H groups in total. The summed E-state index contributed by atoms with van der Waals surface area (Å²) in [4.78, 5) is 11.6. The Balaban J connectivity index is 2.18. The second-order valence-electron chi connectivity index (χ2n) is 4.95. The Morgan fingerprint density at radius 1 is 1.26 bits per heavy atom. The normalized spacial score (nSPS) is 14.5. The molecule has 2 rings (SSSR count). The first-order valence-corrected chi connectivity index (χ1v) is 6.29. The zero-order valence-electron chi connectivity index (χ0n) is 11.5. The van der Waals surface area contributed by atoms with Gasteiger partial charge in [0.2, 0.25) is 0 Å². The monoisotopic (exact) mass is 265 g/mol. The highest BCUT2D eigenvalue weighted by atomic mass is 16.5. The van der Waals surface area contributed by atoms with Crippen molar-refractivity contribution in [2.24, 2.45) is 0 Å². The number of benzene rings is 1. The van der Waals surface area contributed by atoms with Gasteiger partial charge < -0.3 is 19.5 Å². The SMILES string of the molecule is COC(=O)C(C)(C)Nc1ccc2c(c1)OCCCO2. The lowest BCUT2D eigenvalue weighted by Gasteiger charge is -2.24. The van der Waals surface area contributed by atoms with Crippen LogP contribution in [-0.4, -0.2) is 31.8 Å². The number of rotatable bonds is 3. The number of hydrogen-bond acceptors (Lipinski definition) is 5. The summed E-state index contributed by atoms with van der Waals surface area (Å²) in [6, 6.07) is 5.54. The minimum absolute atomic E-state index is 0.320. The lowest BCUT2D eigenvalue weighted by molar-refractivity contribution is -0.144. The fourth-order valence-corrected chi connectivity index (χ4v) is 1.91. The topological polar surface area (TPSA) is 56.8 Å². The van der Waals surface area contributed by atoms with Gasteiger partial charge in [-0.1, -0.05) is 0 Å². The van der Waals surface area contributed by atoms with E-state index in [-0.39, 0.29) is 5.97 Å². The molecular formula is C14H19NO4. The number of hydrogen-bond donors (Lipinski definition) is 1. The summed E-state index contributed by atoms with van der Waals surface area (Å²) in [6.07, 6.45) is 0.866. The van der Waals surface area contributed by atoms with E-state index in [0.717, 1.165) is 17.9 Å². The van der Waals surface area contributed by atoms with Gasteiger partial charge in [-0.05, 0) is 26.0 Å². The molecule has 0 fully saturated rings. The average Bonchev–Trinajstić information content (AvgIpc) is 2.61. The molecule has 0 atom stereocenters. The van der Waals surface area contributed by atoms with Gasteiger partial charge in [0, 0.05) is 18.2 Å². The third-order valence-electron chi connectivity index (χ3n) is 2.90. The zero-order valence-corrected chi connectivity index (χ0v) is 11.5. The van der Waals surface area contributed by atoms with Crippen molar-refractivity contribution < 1.29 is 19.0 Å². The van der Waals surface area contributed by atoms with E-state index in [0.29, 0.717) is 19.0 Å². The van der Waals surface area contributed by atoms with Crippen molar-refractivity contribution >= 4 is 11.7 Å². The Morgan fingerprint density at radius 2 is 1.95 bits per heavy atom. The van der Waals surface area contributed by atoms with Crippen LogP contribution in [0.3, 0.4) is 0 Å². The molecule has 0 amide bonds. The van der Waals surface area contributed by atoms with E-state index in [1.807, 2.05) is 18.2 Å². The van der Waals surface area contributed by atoms with Crippen LogP contribution in [0.1, 0.15) is 20.3 Å². The molecule has 0 radical (unpaired) electrons. The molecule has 0 saturated carbocycles. The molecule has 0 unspecified atom stereocenters. The molecule has 5 nitrogen and oxygen atoms in total. The van der Waals surface area contributed by atoms with Gasteiger partial charge in [0.1, 0.15) is 5.54 Å². The molecule has 1 aliphatic heterocycles. The second-order valence-corrected chi connectivity index (χ2v) is 4.95. The first-order valence-electron chi connectivity index (χ1n) is 6.29. The third-order valence-corrected chi connectivity index (χ3v) is 2.90. The maximum Gasteiger partial charge on any atom is 0.330 e. The van der Waals surface area contributed by atoms with Gasteiger partial charge in [0.05, 0.1) is 20.3 Å². The summed E-state index contributed by atoms with van der Waals surface area (Å²) in [6.45, 7) is 4.83. The number of anilines is 1. The molecule has 0 saturated heterocycles. The number of carbonyl (C=O) groups excluding carboxylic acids is 1. The maximum absolute atomic E-state index is 11.6. The predicted octanol–water partition coefficient (Wildman–Crippen LogP) is 2.21. The van der Waals surface area contributed by atoms with Crippen LogP contribution in [0.4, 0.5) is 5.69 Å². The minimum atomic E-state index is -0.797. The van der Waals surface area contributed by atoms with Gasteiger partial charge in [0.15, 0.2) is 11.5 Å². The van der Waals surface area contributed by atoms with E-state index in [9.17, 15) is 4.79 Å². The zero-order chi connectivity index (χ0) is 13.9. The van der Waals surface area contributed by atoms with E-state index >= 15 is 0 Å². The number of fused-ring (bicyclic) bond motifs is 1. The van der Waals surface area contributed by atoms with Crippen LogP contribution >= 0.6 is 0 Å². The quantitative estimate of drug-likeness (QED) is 0.849. The van der Waals surface area contributed by atoms with Gasteiger partial charge >= 0.3 is 5.97 Å². The van der Waals surface area contributed by atoms with Crippen molar-refractivity contribution in [3.63, 3.8) is 0 Å². The van der Waals surface area contributed by atoms with Crippen LogP contribution in [0.5, 0.6) is 11.5 Å². The first kappa shape index (κ1) is 13.5. The van der Waals surface area contributed by atoms with Crippen LogP contribution in [-0.2, 0) is 9.53 Å². The lowest BCUT2D eigenvalue weighted by Crippen LogP contribution is -2.41. The molecule has 0 spiro atoms. The van der Waals surface area contributed by atoms with Gasteiger partial charge in [-0.15, -0.1) is 0 Å². The Kier molecular flexibility index (Phi) is 3.83. The maximum atomic E-state index is 11.6. The Bertz CT molecular complexity index is 471. The summed E-state index contributed by atoms with van der Waals surface area (Å²) in [5.41, 5.74) is -0.00571. The molecule has 5 heteroatoms. The summed E-state index contributed by atoms with van der Waals surface area (Å²) in [5.74, 6) is 1.11. The summed E-state index contributed by atoms with van der Waals surface area (Å²) in [5, 5.41) is 3.13. The molecule has 1 heterocycles. The van der Waals surface area contributed by atoms with E-state index in [1.165, 1.54) is 7.11 Å². The highest BCUT2D eigenvalue weighted by Gasteiger charge is 2.28. The van der Waals surface area contributed by atoms with Gasteiger partial charge in [-0.25, -0.2) is 4.79 Å². The van der Waals surface area contributed by atoms with Crippen molar-refractivity contribution in [2.75, 3.05) is 25.6 Å². The van der Waals surface area contributed by atoms with E-state index in [2.05, 4.69) is 5.32 Å². The Hall–Kier alpha value is -1.91. The third kappa shape index (κ3) is 3.10. The van der Waals surface area contributed by atoms with Gasteiger partial charge in [-0.2, -0.15) is 0 Å². The first-order chi connectivity index (χ1) is 9.03. The fraction of sp³-hybridized carbons (Fsp3) is 0.500. The summed E-state index contributed by atoms with van der Waals surface area (Å²) in [7, 11) is 1.37. The van der Waals surface area contributed by atoms with Crippen LogP contribution in [0, 0.1) is 0 Å². The van der Waals surface area contributed by atoms with Crippen LogP contribution in [0.15, 0.2) is 18.2 Å². The van der Waals surface area contributed by atoms with E-state index in [1.54, 1.807) is 13.8 Å². The number of methoxy groups -OCH3 is 1. The number of nitrogens with one attached hydrogen (secondary N) is 1. The van der Waals surface area contributed by atoms with Crippen molar-refractivity contribution in [1.82, 2.24) is 0 Å². The Labute approximate surface area is 112 Å². The van der Waals surface area contributed by atoms with Crippen molar-refractivity contribution in [1.29, 1.82) is 0 Å². The second kappa shape index (κ2) is 5.38. The smallest absolute Gasteiger partial charge is 0.330 e. The standard InChI is InChI=1S/C14H19NO4/c1-14(2,13(16)17-3)15-10-5-6-11-12(9-10)19-8-4-7-18-11/h5-6,9,15H,4,7-8H2,1-3H3. The number of ether oxygens (including phenoxy) is 3. The summed E-state index contributed by atoms with van der Waals surface area (Å²) < 4.78 is 15.9.